The fourth-order valence-corrected chi connectivity index (χ4v) is 4.30. The summed E-state index contributed by atoms with van der Waals surface area (Å²) < 4.78 is 32.6. The van der Waals surface area contributed by atoms with E-state index in [0.29, 0.717) is 16.5 Å². The second kappa shape index (κ2) is 9.60. The van der Waals surface area contributed by atoms with E-state index in [0.717, 1.165) is 9.87 Å². The third-order valence-corrected chi connectivity index (χ3v) is 6.43. The number of aromatic nitrogens is 1. The van der Waals surface area contributed by atoms with E-state index in [2.05, 4.69) is 10.3 Å². The van der Waals surface area contributed by atoms with Gasteiger partial charge in [-0.05, 0) is 48.0 Å². The summed E-state index contributed by atoms with van der Waals surface area (Å²) in [5, 5.41) is 3.24. The molecule has 7 nitrogen and oxygen atoms in total. The van der Waals surface area contributed by atoms with Gasteiger partial charge in [0.2, 0.25) is 5.91 Å². The van der Waals surface area contributed by atoms with Crippen LogP contribution in [0.4, 0.5) is 5.69 Å². The number of halogens is 1. The third kappa shape index (κ3) is 5.08. The highest BCUT2D eigenvalue weighted by Crippen LogP contribution is 2.25. The van der Waals surface area contributed by atoms with Crippen molar-refractivity contribution in [3.63, 3.8) is 0 Å². The maximum absolute atomic E-state index is 13.2. The molecule has 0 atom stereocenters. The van der Waals surface area contributed by atoms with Gasteiger partial charge in [0, 0.05) is 24.0 Å². The summed E-state index contributed by atoms with van der Waals surface area (Å²) in [6.45, 7) is -0.226. The number of hydrogen-bond donors (Lipinski definition) is 1. The predicted molar refractivity (Wildman–Crippen MR) is 115 cm³/mol. The first-order valence-electron chi connectivity index (χ1n) is 8.99. The summed E-state index contributed by atoms with van der Waals surface area (Å²) in [6, 6.07) is 16.5. The quantitative estimate of drug-likeness (QED) is 0.575. The first-order valence-corrected chi connectivity index (χ1v) is 10.8. The molecule has 1 amide bonds. The van der Waals surface area contributed by atoms with Crippen LogP contribution in [0.2, 0.25) is 5.02 Å². The Morgan fingerprint density at radius 1 is 1.10 bits per heavy atom. The van der Waals surface area contributed by atoms with Crippen molar-refractivity contribution in [2.45, 2.75) is 11.4 Å². The third-order valence-electron chi connectivity index (χ3n) is 4.30. The minimum atomic E-state index is -4.02. The Morgan fingerprint density at radius 2 is 1.83 bits per heavy atom. The van der Waals surface area contributed by atoms with Crippen molar-refractivity contribution in [2.24, 2.45) is 0 Å². The van der Waals surface area contributed by atoms with Gasteiger partial charge in [-0.1, -0.05) is 29.8 Å². The molecule has 0 aliphatic rings. The van der Waals surface area contributed by atoms with Crippen molar-refractivity contribution in [3.8, 4) is 5.75 Å². The molecule has 1 N–H and O–H groups in total. The van der Waals surface area contributed by atoms with Gasteiger partial charge in [-0.15, -0.1) is 0 Å². The Balaban J connectivity index is 1.85. The number of amides is 1. The summed E-state index contributed by atoms with van der Waals surface area (Å²) in [6.07, 6.45) is 2.72. The molecule has 0 spiro atoms. The van der Waals surface area contributed by atoms with Gasteiger partial charge >= 0.3 is 0 Å². The zero-order valence-corrected chi connectivity index (χ0v) is 17.7. The lowest BCUT2D eigenvalue weighted by molar-refractivity contribution is -0.119. The van der Waals surface area contributed by atoms with E-state index in [4.69, 9.17) is 16.3 Å². The number of benzene rings is 2. The maximum Gasteiger partial charge on any atom is 0.266 e. The van der Waals surface area contributed by atoms with E-state index < -0.39 is 22.5 Å². The Hall–Kier alpha value is -3.10. The molecule has 30 heavy (non-hydrogen) atoms. The second-order valence-electron chi connectivity index (χ2n) is 6.27. The largest absolute Gasteiger partial charge is 0.497 e. The molecule has 0 fully saturated rings. The summed E-state index contributed by atoms with van der Waals surface area (Å²) in [4.78, 5) is 16.5. The van der Waals surface area contributed by atoms with Gasteiger partial charge in [-0.2, -0.15) is 0 Å². The van der Waals surface area contributed by atoms with Crippen LogP contribution in [0.3, 0.4) is 0 Å². The standard InChI is InChI=1S/C21H20ClN3O4S/c1-29-18-10-8-17(9-11-18)25(30(27,28)19-6-4-12-23-14-19)15-21(26)24-13-16-5-2-3-7-20(16)22/h2-12,14H,13,15H2,1H3,(H,24,26). The van der Waals surface area contributed by atoms with Crippen molar-refractivity contribution >= 4 is 33.2 Å². The number of sulfonamides is 1. The van der Waals surface area contributed by atoms with Crippen LogP contribution in [0, 0.1) is 0 Å². The molecule has 3 rings (SSSR count). The fraction of sp³-hybridized carbons (Fsp3) is 0.143. The molecule has 0 aliphatic heterocycles. The summed E-state index contributed by atoms with van der Waals surface area (Å²) in [5.41, 5.74) is 1.06. The van der Waals surface area contributed by atoms with Crippen LogP contribution in [0.1, 0.15) is 5.56 Å². The first kappa shape index (κ1) is 21.6. The van der Waals surface area contributed by atoms with E-state index in [-0.39, 0.29) is 11.4 Å². The number of anilines is 1. The molecule has 156 valence electrons. The van der Waals surface area contributed by atoms with Crippen LogP contribution in [0.5, 0.6) is 5.75 Å². The average molecular weight is 446 g/mol. The molecule has 1 heterocycles. The highest BCUT2D eigenvalue weighted by molar-refractivity contribution is 7.92. The Bertz CT molecular complexity index is 1110. The van der Waals surface area contributed by atoms with Crippen LogP contribution >= 0.6 is 11.6 Å². The second-order valence-corrected chi connectivity index (χ2v) is 8.54. The molecule has 2 aromatic carbocycles. The molecule has 0 saturated carbocycles. The normalized spacial score (nSPS) is 11.0. The van der Waals surface area contributed by atoms with Crippen LogP contribution in [0.25, 0.3) is 0 Å². The van der Waals surface area contributed by atoms with Crippen molar-refractivity contribution in [1.82, 2.24) is 10.3 Å². The number of carbonyl (C=O) groups excluding carboxylic acids is 1. The van der Waals surface area contributed by atoms with E-state index in [1.807, 2.05) is 6.07 Å². The Morgan fingerprint density at radius 3 is 2.47 bits per heavy atom. The molecule has 3 aromatic rings. The number of nitrogens with zero attached hydrogens (tertiary/aromatic N) is 2. The minimum Gasteiger partial charge on any atom is -0.497 e. The van der Waals surface area contributed by atoms with Crippen LogP contribution in [0.15, 0.2) is 78.0 Å². The lowest BCUT2D eigenvalue weighted by Crippen LogP contribution is -2.40. The zero-order valence-electron chi connectivity index (χ0n) is 16.2. The molecular weight excluding hydrogens is 426 g/mol. The van der Waals surface area contributed by atoms with Gasteiger partial charge in [0.05, 0.1) is 12.8 Å². The predicted octanol–water partition coefficient (Wildman–Crippen LogP) is 3.26. The number of pyridine rings is 1. The van der Waals surface area contributed by atoms with Gasteiger partial charge < -0.3 is 10.1 Å². The number of carbonyl (C=O) groups is 1. The number of rotatable bonds is 8. The van der Waals surface area contributed by atoms with Crippen LogP contribution < -0.4 is 14.4 Å². The number of methoxy groups -OCH3 is 1. The number of hydrogen-bond acceptors (Lipinski definition) is 5. The monoisotopic (exact) mass is 445 g/mol. The van der Waals surface area contributed by atoms with E-state index in [1.165, 1.54) is 31.6 Å². The van der Waals surface area contributed by atoms with Gasteiger partial charge in [0.15, 0.2) is 0 Å². The van der Waals surface area contributed by atoms with Crippen molar-refractivity contribution in [2.75, 3.05) is 18.0 Å². The molecule has 0 radical (unpaired) electrons. The molecule has 0 aliphatic carbocycles. The van der Waals surface area contributed by atoms with Gasteiger partial charge in [0.1, 0.15) is 17.2 Å². The van der Waals surface area contributed by atoms with Gasteiger partial charge in [-0.3, -0.25) is 14.1 Å². The van der Waals surface area contributed by atoms with Crippen LogP contribution in [-0.4, -0.2) is 33.0 Å². The fourth-order valence-electron chi connectivity index (χ4n) is 2.71. The smallest absolute Gasteiger partial charge is 0.266 e. The van der Waals surface area contributed by atoms with Gasteiger partial charge in [-0.25, -0.2) is 8.42 Å². The lowest BCUT2D eigenvalue weighted by Gasteiger charge is -2.24. The average Bonchev–Trinajstić information content (AvgIpc) is 2.77. The molecule has 1 aromatic heterocycles. The number of ether oxygens (including phenoxy) is 1. The minimum absolute atomic E-state index is 0.0141. The molecular formula is C21H20ClN3O4S. The van der Waals surface area contributed by atoms with E-state index >= 15 is 0 Å². The van der Waals surface area contributed by atoms with Crippen molar-refractivity contribution in [3.05, 3.63) is 83.6 Å². The SMILES string of the molecule is COc1ccc(N(CC(=O)NCc2ccccc2Cl)S(=O)(=O)c2cccnc2)cc1. The van der Waals surface area contributed by atoms with E-state index in [1.54, 1.807) is 42.5 Å². The first-order chi connectivity index (χ1) is 14.4. The molecule has 0 unspecified atom stereocenters. The molecule has 9 heteroatoms. The molecule has 0 bridgehead atoms. The van der Waals surface area contributed by atoms with Crippen molar-refractivity contribution in [1.29, 1.82) is 0 Å². The van der Waals surface area contributed by atoms with Crippen LogP contribution in [-0.2, 0) is 21.4 Å². The summed E-state index contributed by atoms with van der Waals surface area (Å²) >= 11 is 6.11. The van der Waals surface area contributed by atoms with E-state index in [9.17, 15) is 13.2 Å². The summed E-state index contributed by atoms with van der Waals surface area (Å²) in [5.74, 6) is 0.0962. The highest BCUT2D eigenvalue weighted by Gasteiger charge is 2.27. The van der Waals surface area contributed by atoms with Gasteiger partial charge in [0.25, 0.3) is 10.0 Å². The highest BCUT2D eigenvalue weighted by atomic mass is 35.5. The molecule has 0 saturated heterocycles. The topological polar surface area (TPSA) is 88.6 Å². The maximum atomic E-state index is 13.2. The Labute approximate surface area is 180 Å². The Kier molecular flexibility index (Phi) is 6.91. The zero-order chi connectivity index (χ0) is 21.6. The number of nitrogens with one attached hydrogen (secondary N) is 1. The summed E-state index contributed by atoms with van der Waals surface area (Å²) in [7, 11) is -2.50. The van der Waals surface area contributed by atoms with Crippen molar-refractivity contribution < 1.29 is 17.9 Å². The lowest BCUT2D eigenvalue weighted by atomic mass is 10.2.